The number of nitrogens with one attached hydrogen (secondary N) is 1. The van der Waals surface area contributed by atoms with Gasteiger partial charge in [-0.15, -0.1) is 0 Å². The standard InChI is InChI=1S/C24H31ClN2O/c1-16-13-18(3)22(14-17(16)2)19(4)26-24(28)20-9-11-27(12-10-20)15-21-7-5-6-8-23(21)25/h5-8,13-14,19-20H,9-12,15H2,1-4H3,(H,26,28)/t19-/m1/s1. The second kappa shape index (κ2) is 9.11. The summed E-state index contributed by atoms with van der Waals surface area (Å²) in [5.74, 6) is 0.277. The van der Waals surface area contributed by atoms with Crippen molar-refractivity contribution >= 4 is 17.5 Å². The molecule has 0 radical (unpaired) electrons. The highest BCUT2D eigenvalue weighted by Crippen LogP contribution is 2.25. The van der Waals surface area contributed by atoms with Crippen molar-refractivity contribution in [2.75, 3.05) is 13.1 Å². The first kappa shape index (κ1) is 20.9. The average molecular weight is 399 g/mol. The van der Waals surface area contributed by atoms with E-state index in [2.05, 4.69) is 56.1 Å². The largest absolute Gasteiger partial charge is 0.349 e. The van der Waals surface area contributed by atoms with E-state index >= 15 is 0 Å². The Balaban J connectivity index is 1.54. The normalized spacial score (nSPS) is 16.8. The molecule has 1 aliphatic heterocycles. The molecule has 3 nitrogen and oxygen atoms in total. The molecule has 3 rings (SSSR count). The Bertz CT molecular complexity index is 840. The maximum Gasteiger partial charge on any atom is 0.223 e. The maximum atomic E-state index is 12.8. The van der Waals surface area contributed by atoms with E-state index in [-0.39, 0.29) is 17.9 Å². The van der Waals surface area contributed by atoms with Gasteiger partial charge >= 0.3 is 0 Å². The lowest BCUT2D eigenvalue weighted by atomic mass is 9.93. The van der Waals surface area contributed by atoms with Crippen molar-refractivity contribution in [3.05, 3.63) is 69.2 Å². The Morgan fingerprint density at radius 2 is 1.75 bits per heavy atom. The Kier molecular flexibility index (Phi) is 6.79. The van der Waals surface area contributed by atoms with E-state index in [0.29, 0.717) is 0 Å². The fourth-order valence-corrected chi connectivity index (χ4v) is 4.27. The summed E-state index contributed by atoms with van der Waals surface area (Å²) >= 11 is 6.28. The number of nitrogens with zero attached hydrogens (tertiary/aromatic N) is 1. The van der Waals surface area contributed by atoms with Crippen LogP contribution in [0.15, 0.2) is 36.4 Å². The van der Waals surface area contributed by atoms with Gasteiger partial charge in [-0.05, 0) is 87.5 Å². The van der Waals surface area contributed by atoms with Crippen LogP contribution in [0.3, 0.4) is 0 Å². The molecular formula is C24H31ClN2O. The number of benzene rings is 2. The minimum absolute atomic E-state index is 0.0351. The number of piperidine rings is 1. The van der Waals surface area contributed by atoms with Crippen LogP contribution < -0.4 is 5.32 Å². The zero-order valence-electron chi connectivity index (χ0n) is 17.4. The topological polar surface area (TPSA) is 32.3 Å². The molecule has 0 aromatic heterocycles. The number of carbonyl (C=O) groups excluding carboxylic acids is 1. The number of likely N-dealkylation sites (tertiary alicyclic amines) is 1. The summed E-state index contributed by atoms with van der Waals surface area (Å²) in [6, 6.07) is 12.5. The summed E-state index contributed by atoms with van der Waals surface area (Å²) in [6.07, 6.45) is 1.80. The molecule has 1 heterocycles. The molecule has 2 aromatic carbocycles. The molecular weight excluding hydrogens is 368 g/mol. The zero-order valence-corrected chi connectivity index (χ0v) is 18.1. The minimum Gasteiger partial charge on any atom is -0.349 e. The quantitative estimate of drug-likeness (QED) is 0.735. The van der Waals surface area contributed by atoms with Gasteiger partial charge in [-0.3, -0.25) is 9.69 Å². The van der Waals surface area contributed by atoms with Gasteiger partial charge in [-0.2, -0.15) is 0 Å². The molecule has 150 valence electrons. The van der Waals surface area contributed by atoms with Crippen LogP contribution in [-0.2, 0) is 11.3 Å². The lowest BCUT2D eigenvalue weighted by Crippen LogP contribution is -2.41. The van der Waals surface area contributed by atoms with E-state index in [0.717, 1.165) is 43.1 Å². The molecule has 1 N–H and O–H groups in total. The fraction of sp³-hybridized carbons (Fsp3) is 0.458. The van der Waals surface area contributed by atoms with Crippen molar-refractivity contribution in [2.45, 2.75) is 53.1 Å². The van der Waals surface area contributed by atoms with E-state index in [4.69, 9.17) is 11.6 Å². The van der Waals surface area contributed by atoms with Crippen LogP contribution in [0.1, 0.15) is 53.6 Å². The molecule has 1 aliphatic rings. The van der Waals surface area contributed by atoms with E-state index in [1.165, 1.54) is 22.3 Å². The Hall–Kier alpha value is -1.84. The lowest BCUT2D eigenvalue weighted by Gasteiger charge is -2.32. The van der Waals surface area contributed by atoms with Crippen molar-refractivity contribution < 1.29 is 4.79 Å². The summed E-state index contributed by atoms with van der Waals surface area (Å²) in [6.45, 7) is 11.2. The summed E-state index contributed by atoms with van der Waals surface area (Å²) in [7, 11) is 0. The fourth-order valence-electron chi connectivity index (χ4n) is 4.08. The SMILES string of the molecule is Cc1cc(C)c([C@@H](C)NC(=O)C2CCN(Cc3ccccc3Cl)CC2)cc1C. The van der Waals surface area contributed by atoms with Crippen molar-refractivity contribution in [1.29, 1.82) is 0 Å². The van der Waals surface area contributed by atoms with Crippen LogP contribution in [0.5, 0.6) is 0 Å². The Labute approximate surface area is 174 Å². The van der Waals surface area contributed by atoms with E-state index in [9.17, 15) is 4.79 Å². The van der Waals surface area contributed by atoms with Gasteiger partial charge in [0.05, 0.1) is 6.04 Å². The number of halogens is 1. The Morgan fingerprint density at radius 3 is 2.43 bits per heavy atom. The zero-order chi connectivity index (χ0) is 20.3. The molecule has 0 spiro atoms. The summed E-state index contributed by atoms with van der Waals surface area (Å²) in [5, 5.41) is 4.07. The predicted octanol–water partition coefficient (Wildman–Crippen LogP) is 5.35. The minimum atomic E-state index is 0.0351. The van der Waals surface area contributed by atoms with Gasteiger partial charge in [0.2, 0.25) is 5.91 Å². The van der Waals surface area contributed by atoms with Crippen LogP contribution >= 0.6 is 11.6 Å². The van der Waals surface area contributed by atoms with Crippen LogP contribution in [0.4, 0.5) is 0 Å². The number of carbonyl (C=O) groups is 1. The van der Waals surface area contributed by atoms with Crippen LogP contribution in [0.2, 0.25) is 5.02 Å². The molecule has 4 heteroatoms. The molecule has 0 aliphatic carbocycles. The van der Waals surface area contributed by atoms with Gasteiger partial charge in [0.25, 0.3) is 0 Å². The molecule has 0 unspecified atom stereocenters. The Morgan fingerprint density at radius 1 is 1.11 bits per heavy atom. The second-order valence-corrected chi connectivity index (χ2v) is 8.57. The highest BCUT2D eigenvalue weighted by Gasteiger charge is 2.26. The smallest absolute Gasteiger partial charge is 0.223 e. The molecule has 1 fully saturated rings. The first-order valence-corrected chi connectivity index (χ1v) is 10.6. The van der Waals surface area contributed by atoms with Crippen LogP contribution in [0.25, 0.3) is 0 Å². The van der Waals surface area contributed by atoms with Crippen molar-refractivity contribution in [3.63, 3.8) is 0 Å². The molecule has 28 heavy (non-hydrogen) atoms. The van der Waals surface area contributed by atoms with Crippen molar-refractivity contribution in [2.24, 2.45) is 5.92 Å². The van der Waals surface area contributed by atoms with Crippen molar-refractivity contribution in [1.82, 2.24) is 10.2 Å². The third kappa shape index (κ3) is 4.95. The molecule has 2 aromatic rings. The number of rotatable bonds is 5. The third-order valence-corrected chi connectivity index (χ3v) is 6.39. The highest BCUT2D eigenvalue weighted by atomic mass is 35.5. The van der Waals surface area contributed by atoms with Gasteiger partial charge in [-0.1, -0.05) is 41.9 Å². The summed E-state index contributed by atoms with van der Waals surface area (Å²) < 4.78 is 0. The molecule has 1 saturated heterocycles. The summed E-state index contributed by atoms with van der Waals surface area (Å²) in [5.41, 5.74) is 6.18. The van der Waals surface area contributed by atoms with Gasteiger partial charge in [-0.25, -0.2) is 0 Å². The molecule has 1 atom stereocenters. The number of amides is 1. The number of aryl methyl sites for hydroxylation is 3. The first-order chi connectivity index (χ1) is 13.3. The van der Waals surface area contributed by atoms with E-state index in [1.54, 1.807) is 0 Å². The van der Waals surface area contributed by atoms with E-state index < -0.39 is 0 Å². The lowest BCUT2D eigenvalue weighted by molar-refractivity contribution is -0.127. The maximum absolute atomic E-state index is 12.8. The average Bonchev–Trinajstić information content (AvgIpc) is 2.67. The van der Waals surface area contributed by atoms with Crippen molar-refractivity contribution in [3.8, 4) is 0 Å². The van der Waals surface area contributed by atoms with Gasteiger partial charge in [0.15, 0.2) is 0 Å². The first-order valence-electron chi connectivity index (χ1n) is 10.2. The second-order valence-electron chi connectivity index (χ2n) is 8.17. The highest BCUT2D eigenvalue weighted by molar-refractivity contribution is 6.31. The molecule has 1 amide bonds. The third-order valence-electron chi connectivity index (χ3n) is 6.02. The summed E-state index contributed by atoms with van der Waals surface area (Å²) in [4.78, 5) is 15.2. The van der Waals surface area contributed by atoms with Gasteiger partial charge in [0.1, 0.15) is 0 Å². The van der Waals surface area contributed by atoms with Gasteiger partial charge in [0, 0.05) is 17.5 Å². The molecule has 0 bridgehead atoms. The van der Waals surface area contributed by atoms with Crippen LogP contribution in [0, 0.1) is 26.7 Å². The number of hydrogen-bond acceptors (Lipinski definition) is 2. The monoisotopic (exact) mass is 398 g/mol. The van der Waals surface area contributed by atoms with Crippen LogP contribution in [-0.4, -0.2) is 23.9 Å². The predicted molar refractivity (Wildman–Crippen MR) is 117 cm³/mol. The van der Waals surface area contributed by atoms with Gasteiger partial charge < -0.3 is 5.32 Å². The number of hydrogen-bond donors (Lipinski definition) is 1. The van der Waals surface area contributed by atoms with E-state index in [1.807, 2.05) is 18.2 Å². The molecule has 0 saturated carbocycles.